The third-order valence-electron chi connectivity index (χ3n) is 5.08. The molecule has 1 unspecified atom stereocenters. The van der Waals surface area contributed by atoms with Crippen LogP contribution in [0.3, 0.4) is 0 Å². The van der Waals surface area contributed by atoms with Crippen LogP contribution in [0.1, 0.15) is 19.3 Å². The second kappa shape index (κ2) is 6.91. The van der Waals surface area contributed by atoms with Crippen LogP contribution in [0, 0.1) is 5.92 Å². The van der Waals surface area contributed by atoms with E-state index in [9.17, 15) is 4.79 Å². The topological polar surface area (TPSA) is 70.2 Å². The maximum absolute atomic E-state index is 12.1. The number of aromatic nitrogens is 2. The summed E-state index contributed by atoms with van der Waals surface area (Å²) >= 11 is 0. The minimum atomic E-state index is -0.0817. The molecular formula is C18H24N4O2. The van der Waals surface area contributed by atoms with Crippen LogP contribution in [0.5, 0.6) is 0 Å². The lowest BCUT2D eigenvalue weighted by molar-refractivity contribution is 0.154. The van der Waals surface area contributed by atoms with Crippen LogP contribution in [0.2, 0.25) is 0 Å². The number of aromatic amines is 1. The fourth-order valence-electron chi connectivity index (χ4n) is 3.70. The number of rotatable bonds is 4. The highest BCUT2D eigenvalue weighted by atomic mass is 16.5. The Morgan fingerprint density at radius 3 is 2.88 bits per heavy atom. The molecule has 2 fully saturated rings. The summed E-state index contributed by atoms with van der Waals surface area (Å²) in [7, 11) is 0. The molecule has 1 aromatic carbocycles. The van der Waals surface area contributed by atoms with Crippen LogP contribution in [0.15, 0.2) is 29.1 Å². The fourth-order valence-corrected chi connectivity index (χ4v) is 3.70. The summed E-state index contributed by atoms with van der Waals surface area (Å²) in [6.45, 7) is 5.17. The van der Waals surface area contributed by atoms with Crippen molar-refractivity contribution in [3.8, 4) is 0 Å². The zero-order chi connectivity index (χ0) is 16.4. The van der Waals surface area contributed by atoms with E-state index in [1.807, 2.05) is 18.2 Å². The van der Waals surface area contributed by atoms with E-state index < -0.39 is 0 Å². The van der Waals surface area contributed by atoms with Crippen molar-refractivity contribution in [2.24, 2.45) is 5.92 Å². The molecule has 128 valence electrons. The van der Waals surface area contributed by atoms with Gasteiger partial charge in [0, 0.05) is 32.3 Å². The SMILES string of the molecule is O=c1[nH]c(NC2CCN(CC3CCOC3)CC2)nc2ccccc12. The molecule has 1 atom stereocenters. The van der Waals surface area contributed by atoms with Crippen LogP contribution in [-0.4, -0.2) is 53.8 Å². The first-order valence-corrected chi connectivity index (χ1v) is 8.83. The predicted octanol–water partition coefficient (Wildman–Crippen LogP) is 1.84. The highest BCUT2D eigenvalue weighted by Gasteiger charge is 2.24. The standard InChI is InChI=1S/C18H24N4O2/c23-17-15-3-1-2-4-16(15)20-18(21-17)19-14-5-8-22(9-6-14)11-13-7-10-24-12-13/h1-4,13-14H,5-12H2,(H2,19,20,21,23). The number of H-pyrrole nitrogens is 1. The maximum Gasteiger partial charge on any atom is 0.260 e. The van der Waals surface area contributed by atoms with Gasteiger partial charge >= 0.3 is 0 Å². The Balaban J connectivity index is 1.36. The van der Waals surface area contributed by atoms with Gasteiger partial charge in [0.25, 0.3) is 5.56 Å². The van der Waals surface area contributed by atoms with Crippen molar-refractivity contribution in [3.05, 3.63) is 34.6 Å². The summed E-state index contributed by atoms with van der Waals surface area (Å²) in [5, 5.41) is 4.05. The van der Waals surface area contributed by atoms with Gasteiger partial charge in [-0.05, 0) is 37.3 Å². The first-order chi connectivity index (χ1) is 11.8. The number of likely N-dealkylation sites (tertiary alicyclic amines) is 1. The quantitative estimate of drug-likeness (QED) is 0.896. The van der Waals surface area contributed by atoms with E-state index in [0.717, 1.165) is 51.2 Å². The van der Waals surface area contributed by atoms with Gasteiger partial charge < -0.3 is 15.0 Å². The van der Waals surface area contributed by atoms with Crippen molar-refractivity contribution in [2.75, 3.05) is 38.2 Å². The van der Waals surface area contributed by atoms with Crippen molar-refractivity contribution < 1.29 is 4.74 Å². The van der Waals surface area contributed by atoms with Gasteiger partial charge in [0.1, 0.15) is 0 Å². The number of piperidine rings is 1. The second-order valence-corrected chi connectivity index (χ2v) is 6.88. The number of benzene rings is 1. The van der Waals surface area contributed by atoms with Gasteiger partial charge in [-0.15, -0.1) is 0 Å². The smallest absolute Gasteiger partial charge is 0.260 e. The largest absolute Gasteiger partial charge is 0.381 e. The van der Waals surface area contributed by atoms with Crippen molar-refractivity contribution in [1.29, 1.82) is 0 Å². The average molecular weight is 328 g/mol. The Kier molecular flexibility index (Phi) is 4.49. The van der Waals surface area contributed by atoms with Gasteiger partial charge in [0.15, 0.2) is 0 Å². The zero-order valence-electron chi connectivity index (χ0n) is 13.8. The Labute approximate surface area is 141 Å². The summed E-state index contributed by atoms with van der Waals surface area (Å²) in [5.41, 5.74) is 0.657. The average Bonchev–Trinajstić information content (AvgIpc) is 3.10. The monoisotopic (exact) mass is 328 g/mol. The predicted molar refractivity (Wildman–Crippen MR) is 94.4 cm³/mol. The van der Waals surface area contributed by atoms with Crippen LogP contribution in [-0.2, 0) is 4.74 Å². The van der Waals surface area contributed by atoms with Crippen LogP contribution in [0.25, 0.3) is 10.9 Å². The molecule has 4 rings (SSSR count). The molecule has 0 saturated carbocycles. The number of hydrogen-bond acceptors (Lipinski definition) is 5. The first kappa shape index (κ1) is 15.6. The molecule has 2 aliphatic rings. The molecule has 2 aliphatic heterocycles. The molecule has 2 aromatic rings. The highest BCUT2D eigenvalue weighted by Crippen LogP contribution is 2.19. The van der Waals surface area contributed by atoms with Gasteiger partial charge in [-0.25, -0.2) is 4.98 Å². The lowest BCUT2D eigenvalue weighted by atomic mass is 10.0. The third kappa shape index (κ3) is 3.44. The van der Waals surface area contributed by atoms with Gasteiger partial charge in [-0.3, -0.25) is 9.78 Å². The Morgan fingerprint density at radius 2 is 2.08 bits per heavy atom. The number of anilines is 1. The molecule has 2 N–H and O–H groups in total. The van der Waals surface area contributed by atoms with Gasteiger partial charge in [-0.1, -0.05) is 12.1 Å². The number of nitrogens with zero attached hydrogens (tertiary/aromatic N) is 2. The van der Waals surface area contributed by atoms with Gasteiger partial charge in [0.05, 0.1) is 17.5 Å². The van der Waals surface area contributed by atoms with E-state index in [2.05, 4.69) is 20.2 Å². The lowest BCUT2D eigenvalue weighted by Gasteiger charge is -2.33. The zero-order valence-corrected chi connectivity index (χ0v) is 13.8. The Hall–Kier alpha value is -1.92. The van der Waals surface area contributed by atoms with Gasteiger partial charge in [0.2, 0.25) is 5.95 Å². The second-order valence-electron chi connectivity index (χ2n) is 6.88. The molecule has 2 saturated heterocycles. The minimum Gasteiger partial charge on any atom is -0.381 e. The third-order valence-corrected chi connectivity index (χ3v) is 5.08. The Morgan fingerprint density at radius 1 is 1.25 bits per heavy atom. The van der Waals surface area contributed by atoms with E-state index in [1.54, 1.807) is 6.07 Å². The van der Waals surface area contributed by atoms with E-state index in [-0.39, 0.29) is 5.56 Å². The molecule has 0 bridgehead atoms. The summed E-state index contributed by atoms with van der Waals surface area (Å²) < 4.78 is 5.46. The van der Waals surface area contributed by atoms with E-state index in [4.69, 9.17) is 4.74 Å². The first-order valence-electron chi connectivity index (χ1n) is 8.83. The molecule has 3 heterocycles. The molecule has 0 aliphatic carbocycles. The number of ether oxygens (including phenoxy) is 1. The summed E-state index contributed by atoms with van der Waals surface area (Å²) in [5.74, 6) is 1.29. The summed E-state index contributed by atoms with van der Waals surface area (Å²) in [6, 6.07) is 7.81. The number of fused-ring (bicyclic) bond motifs is 1. The van der Waals surface area contributed by atoms with Crippen LogP contribution < -0.4 is 10.9 Å². The summed E-state index contributed by atoms with van der Waals surface area (Å²) in [6.07, 6.45) is 3.34. The molecule has 6 heteroatoms. The van der Waals surface area contributed by atoms with E-state index in [0.29, 0.717) is 23.3 Å². The molecular weight excluding hydrogens is 304 g/mol. The highest BCUT2D eigenvalue weighted by molar-refractivity contribution is 5.78. The summed E-state index contributed by atoms with van der Waals surface area (Å²) in [4.78, 5) is 22.1. The molecule has 0 radical (unpaired) electrons. The maximum atomic E-state index is 12.1. The molecule has 1 aromatic heterocycles. The van der Waals surface area contributed by atoms with Crippen molar-refractivity contribution in [1.82, 2.24) is 14.9 Å². The molecule has 6 nitrogen and oxygen atoms in total. The van der Waals surface area contributed by atoms with Crippen molar-refractivity contribution in [3.63, 3.8) is 0 Å². The number of para-hydroxylation sites is 1. The van der Waals surface area contributed by atoms with Crippen molar-refractivity contribution >= 4 is 16.9 Å². The minimum absolute atomic E-state index is 0.0817. The number of nitrogens with one attached hydrogen (secondary N) is 2. The van der Waals surface area contributed by atoms with Crippen LogP contribution >= 0.6 is 0 Å². The molecule has 0 amide bonds. The van der Waals surface area contributed by atoms with E-state index in [1.165, 1.54) is 6.42 Å². The van der Waals surface area contributed by atoms with Gasteiger partial charge in [-0.2, -0.15) is 0 Å². The lowest BCUT2D eigenvalue weighted by Crippen LogP contribution is -2.41. The normalized spacial score (nSPS) is 22.9. The Bertz CT molecular complexity index is 746. The van der Waals surface area contributed by atoms with Crippen molar-refractivity contribution in [2.45, 2.75) is 25.3 Å². The fraction of sp³-hybridized carbons (Fsp3) is 0.556. The molecule has 0 spiro atoms. The van der Waals surface area contributed by atoms with Crippen LogP contribution in [0.4, 0.5) is 5.95 Å². The van der Waals surface area contributed by atoms with E-state index >= 15 is 0 Å². The number of hydrogen-bond donors (Lipinski definition) is 2. The molecule has 24 heavy (non-hydrogen) atoms.